The molecular weight excluding hydrogens is 180 g/mol. The third-order valence-corrected chi connectivity index (χ3v) is 3.62. The van der Waals surface area contributed by atoms with Gasteiger partial charge in [-0.1, -0.05) is 43.7 Å². The molecular formula is C11H16OS. The summed E-state index contributed by atoms with van der Waals surface area (Å²) in [6, 6.07) is 8.23. The van der Waals surface area contributed by atoms with Crippen LogP contribution in [0.1, 0.15) is 25.0 Å². The minimum Gasteiger partial charge on any atom is -0.259 e. The third kappa shape index (κ3) is 3.31. The summed E-state index contributed by atoms with van der Waals surface area (Å²) in [7, 11) is -0.729. The van der Waals surface area contributed by atoms with Crippen molar-refractivity contribution in [2.45, 2.75) is 31.8 Å². The highest BCUT2D eigenvalue weighted by molar-refractivity contribution is 7.84. The quantitative estimate of drug-likeness (QED) is 0.726. The van der Waals surface area contributed by atoms with E-state index in [0.29, 0.717) is 5.75 Å². The minimum absolute atomic E-state index is 0.251. The van der Waals surface area contributed by atoms with Crippen molar-refractivity contribution in [2.24, 2.45) is 0 Å². The van der Waals surface area contributed by atoms with Gasteiger partial charge >= 0.3 is 0 Å². The van der Waals surface area contributed by atoms with Gasteiger partial charge in [0.2, 0.25) is 0 Å². The molecule has 0 radical (unpaired) electrons. The summed E-state index contributed by atoms with van der Waals surface area (Å²) < 4.78 is 11.5. The molecule has 0 aliphatic rings. The Bertz CT molecular complexity index is 287. The topological polar surface area (TPSA) is 17.1 Å². The van der Waals surface area contributed by atoms with E-state index >= 15 is 0 Å². The summed E-state index contributed by atoms with van der Waals surface area (Å²) in [5.41, 5.74) is 2.41. The van der Waals surface area contributed by atoms with E-state index in [0.717, 1.165) is 5.56 Å². The molecule has 0 aliphatic heterocycles. The van der Waals surface area contributed by atoms with Crippen molar-refractivity contribution in [3.05, 3.63) is 35.4 Å². The maximum Gasteiger partial charge on any atom is 0.0488 e. The molecule has 0 heterocycles. The van der Waals surface area contributed by atoms with E-state index in [2.05, 4.69) is 31.2 Å². The lowest BCUT2D eigenvalue weighted by molar-refractivity contribution is 0.676. The van der Waals surface area contributed by atoms with Gasteiger partial charge < -0.3 is 0 Å². The van der Waals surface area contributed by atoms with Gasteiger partial charge in [0.05, 0.1) is 0 Å². The van der Waals surface area contributed by atoms with E-state index in [1.165, 1.54) is 5.56 Å². The highest BCUT2D eigenvalue weighted by Crippen LogP contribution is 2.08. The maximum atomic E-state index is 11.5. The fraction of sp³-hybridized carbons (Fsp3) is 0.455. The van der Waals surface area contributed by atoms with E-state index in [9.17, 15) is 4.21 Å². The van der Waals surface area contributed by atoms with E-state index in [-0.39, 0.29) is 5.25 Å². The van der Waals surface area contributed by atoms with Crippen molar-refractivity contribution in [3.8, 4) is 0 Å². The molecule has 1 aromatic carbocycles. The van der Waals surface area contributed by atoms with Gasteiger partial charge in [0.1, 0.15) is 0 Å². The molecule has 72 valence electrons. The smallest absolute Gasteiger partial charge is 0.0488 e. The van der Waals surface area contributed by atoms with E-state index in [4.69, 9.17) is 0 Å². The second kappa shape index (κ2) is 4.56. The van der Waals surface area contributed by atoms with Gasteiger partial charge in [-0.05, 0) is 12.5 Å². The van der Waals surface area contributed by atoms with E-state index in [1.807, 2.05) is 13.8 Å². The number of hydrogen-bond donors (Lipinski definition) is 0. The van der Waals surface area contributed by atoms with Crippen LogP contribution in [0.15, 0.2) is 24.3 Å². The van der Waals surface area contributed by atoms with Gasteiger partial charge in [-0.2, -0.15) is 0 Å². The summed E-state index contributed by atoms with van der Waals surface area (Å²) in [5.74, 6) is 0.679. The number of benzene rings is 1. The predicted molar refractivity (Wildman–Crippen MR) is 58.2 cm³/mol. The average molecular weight is 196 g/mol. The van der Waals surface area contributed by atoms with Gasteiger partial charge in [-0.3, -0.25) is 4.21 Å². The van der Waals surface area contributed by atoms with Crippen molar-refractivity contribution in [2.75, 3.05) is 0 Å². The Morgan fingerprint density at radius 2 is 1.77 bits per heavy atom. The Balaban J connectivity index is 2.65. The lowest BCUT2D eigenvalue weighted by atomic mass is 10.2. The van der Waals surface area contributed by atoms with Crippen LogP contribution in [0.3, 0.4) is 0 Å². The summed E-state index contributed by atoms with van der Waals surface area (Å²) in [6.45, 7) is 6.04. The molecule has 0 aliphatic carbocycles. The van der Waals surface area contributed by atoms with Crippen molar-refractivity contribution >= 4 is 10.8 Å². The monoisotopic (exact) mass is 196 g/mol. The second-order valence-corrected chi connectivity index (χ2v) is 5.55. The molecule has 1 atom stereocenters. The largest absolute Gasteiger partial charge is 0.259 e. The van der Waals surface area contributed by atoms with Crippen LogP contribution in [0.5, 0.6) is 0 Å². The van der Waals surface area contributed by atoms with Gasteiger partial charge in [0.15, 0.2) is 0 Å². The molecule has 1 rings (SSSR count). The molecule has 0 bridgehead atoms. The molecule has 0 amide bonds. The first kappa shape index (κ1) is 10.5. The average Bonchev–Trinajstić information content (AvgIpc) is 2.08. The standard InChI is InChI=1S/C11H16OS/c1-9(2)13(12)8-11-6-4-10(3)5-7-11/h4-7,9H,8H2,1-3H3. The van der Waals surface area contributed by atoms with E-state index < -0.39 is 10.8 Å². The normalized spacial score (nSPS) is 13.2. The fourth-order valence-corrected chi connectivity index (χ4v) is 1.87. The maximum absolute atomic E-state index is 11.5. The molecule has 0 fully saturated rings. The molecule has 2 heteroatoms. The van der Waals surface area contributed by atoms with Gasteiger partial charge in [0.25, 0.3) is 0 Å². The molecule has 0 aromatic heterocycles. The first-order valence-corrected chi connectivity index (χ1v) is 5.90. The van der Waals surface area contributed by atoms with Crippen molar-refractivity contribution in [1.29, 1.82) is 0 Å². The molecule has 13 heavy (non-hydrogen) atoms. The van der Waals surface area contributed by atoms with Crippen LogP contribution >= 0.6 is 0 Å². The van der Waals surface area contributed by atoms with Crippen LogP contribution < -0.4 is 0 Å². The summed E-state index contributed by atoms with van der Waals surface area (Å²) in [6.07, 6.45) is 0. The highest BCUT2D eigenvalue weighted by Gasteiger charge is 2.05. The van der Waals surface area contributed by atoms with Crippen molar-refractivity contribution < 1.29 is 4.21 Å². The zero-order chi connectivity index (χ0) is 9.84. The van der Waals surface area contributed by atoms with Crippen LogP contribution in [-0.4, -0.2) is 9.46 Å². The zero-order valence-electron chi connectivity index (χ0n) is 8.41. The molecule has 1 unspecified atom stereocenters. The summed E-state index contributed by atoms with van der Waals surface area (Å²) in [5, 5.41) is 0.251. The summed E-state index contributed by atoms with van der Waals surface area (Å²) >= 11 is 0. The van der Waals surface area contributed by atoms with Crippen LogP contribution in [-0.2, 0) is 16.6 Å². The molecule has 0 saturated heterocycles. The number of hydrogen-bond acceptors (Lipinski definition) is 1. The number of aryl methyl sites for hydroxylation is 1. The van der Waals surface area contributed by atoms with E-state index in [1.54, 1.807) is 0 Å². The Morgan fingerprint density at radius 3 is 2.23 bits per heavy atom. The first-order chi connectivity index (χ1) is 6.09. The fourth-order valence-electron chi connectivity index (χ4n) is 1.02. The van der Waals surface area contributed by atoms with Crippen molar-refractivity contribution in [3.63, 3.8) is 0 Å². The Hall–Kier alpha value is -0.630. The van der Waals surface area contributed by atoms with Gasteiger partial charge in [-0.15, -0.1) is 0 Å². The zero-order valence-corrected chi connectivity index (χ0v) is 9.23. The molecule has 1 nitrogen and oxygen atoms in total. The predicted octanol–water partition coefficient (Wildman–Crippen LogP) is 2.65. The minimum atomic E-state index is -0.729. The Morgan fingerprint density at radius 1 is 1.23 bits per heavy atom. The molecule has 0 spiro atoms. The third-order valence-electron chi connectivity index (χ3n) is 1.96. The van der Waals surface area contributed by atoms with Crippen LogP contribution in [0.4, 0.5) is 0 Å². The second-order valence-electron chi connectivity index (χ2n) is 3.56. The first-order valence-electron chi connectivity index (χ1n) is 4.52. The summed E-state index contributed by atoms with van der Waals surface area (Å²) in [4.78, 5) is 0. The lowest BCUT2D eigenvalue weighted by Crippen LogP contribution is -2.07. The van der Waals surface area contributed by atoms with Gasteiger partial charge in [-0.25, -0.2) is 0 Å². The highest BCUT2D eigenvalue weighted by atomic mass is 32.2. The Kier molecular flexibility index (Phi) is 3.67. The lowest BCUT2D eigenvalue weighted by Gasteiger charge is -2.05. The molecule has 0 N–H and O–H groups in total. The van der Waals surface area contributed by atoms with Crippen LogP contribution in [0.2, 0.25) is 0 Å². The Labute approximate surface area is 82.6 Å². The SMILES string of the molecule is Cc1ccc(CS(=O)C(C)C)cc1. The number of rotatable bonds is 3. The van der Waals surface area contributed by atoms with Crippen molar-refractivity contribution in [1.82, 2.24) is 0 Å². The van der Waals surface area contributed by atoms with Crippen LogP contribution in [0, 0.1) is 6.92 Å². The molecule has 1 aromatic rings. The van der Waals surface area contributed by atoms with Crippen LogP contribution in [0.25, 0.3) is 0 Å². The molecule has 0 saturated carbocycles. The van der Waals surface area contributed by atoms with Gasteiger partial charge in [0, 0.05) is 21.8 Å².